The molecular formula is C38H42N4O4. The molecule has 0 bridgehead atoms. The molecule has 6 rings (SSSR count). The van der Waals surface area contributed by atoms with Crippen LogP contribution in [0.1, 0.15) is 57.5 Å². The molecule has 0 radical (unpaired) electrons. The van der Waals surface area contributed by atoms with E-state index in [1.807, 2.05) is 89.3 Å². The fraction of sp³-hybridized carbons (Fsp3) is 0.342. The summed E-state index contributed by atoms with van der Waals surface area (Å²) in [5.41, 5.74) is 3.73. The summed E-state index contributed by atoms with van der Waals surface area (Å²) < 4.78 is 13.2. The van der Waals surface area contributed by atoms with Gasteiger partial charge in [0.2, 0.25) is 5.78 Å². The van der Waals surface area contributed by atoms with Gasteiger partial charge in [0.15, 0.2) is 5.82 Å². The fourth-order valence-corrected chi connectivity index (χ4v) is 6.46. The van der Waals surface area contributed by atoms with E-state index in [1.165, 1.54) is 5.56 Å². The highest BCUT2D eigenvalue weighted by molar-refractivity contribution is 5.98. The van der Waals surface area contributed by atoms with Crippen LogP contribution in [0, 0.1) is 5.92 Å². The average molecular weight is 619 g/mol. The quantitative estimate of drug-likeness (QED) is 0.102. The highest BCUT2D eigenvalue weighted by atomic mass is 16.5. The fourth-order valence-electron chi connectivity index (χ4n) is 6.46. The summed E-state index contributed by atoms with van der Waals surface area (Å²) in [6.45, 7) is 4.68. The lowest BCUT2D eigenvalue weighted by atomic mass is 9.90. The minimum absolute atomic E-state index is 0.0379. The van der Waals surface area contributed by atoms with Gasteiger partial charge in [-0.1, -0.05) is 60.7 Å². The third-order valence-electron chi connectivity index (χ3n) is 9.04. The largest absolute Gasteiger partial charge is 0.467 e. The maximum Gasteiger partial charge on any atom is 0.253 e. The van der Waals surface area contributed by atoms with E-state index in [-0.39, 0.29) is 23.5 Å². The Labute approximate surface area is 270 Å². The number of amides is 1. The molecule has 46 heavy (non-hydrogen) atoms. The molecule has 1 saturated heterocycles. The molecule has 3 aromatic carbocycles. The number of nitrogens with zero attached hydrogens (tertiary/aromatic N) is 4. The van der Waals surface area contributed by atoms with Crippen molar-refractivity contribution < 1.29 is 18.7 Å². The number of rotatable bonds is 14. The van der Waals surface area contributed by atoms with Crippen molar-refractivity contribution in [2.75, 3.05) is 39.8 Å². The zero-order chi connectivity index (χ0) is 31.7. The van der Waals surface area contributed by atoms with Gasteiger partial charge in [-0.3, -0.25) is 9.59 Å². The number of hydrogen-bond donors (Lipinski definition) is 0. The molecule has 1 aliphatic heterocycles. The number of imidazole rings is 1. The second-order valence-corrected chi connectivity index (χ2v) is 12.1. The molecule has 0 saturated carbocycles. The van der Waals surface area contributed by atoms with Crippen molar-refractivity contribution in [2.24, 2.45) is 5.92 Å². The second-order valence-electron chi connectivity index (χ2n) is 12.1. The Kier molecular flexibility index (Phi) is 10.4. The molecule has 1 fully saturated rings. The number of aromatic nitrogens is 2. The minimum atomic E-state index is -0.0598. The maximum atomic E-state index is 13.9. The summed E-state index contributed by atoms with van der Waals surface area (Å²) in [4.78, 5) is 36.1. The second kappa shape index (κ2) is 15.2. The summed E-state index contributed by atoms with van der Waals surface area (Å²) >= 11 is 0. The van der Waals surface area contributed by atoms with Gasteiger partial charge in [-0.2, -0.15) is 0 Å². The molecule has 0 N–H and O–H groups in total. The van der Waals surface area contributed by atoms with Crippen molar-refractivity contribution in [3.05, 3.63) is 126 Å². The Morgan fingerprint density at radius 2 is 1.63 bits per heavy atom. The number of Topliss-reactive ketones (excluding diaryl/α,β-unsaturated/α-hetero) is 1. The maximum absolute atomic E-state index is 13.9. The summed E-state index contributed by atoms with van der Waals surface area (Å²) in [6, 6.07) is 31.6. The SMILES string of the molecule is CN(CC(CCN1CCC(C(=O)c2nc3ccccc3n2CCOCc2ccco2)CC1)c1ccccc1)C(=O)c1ccccc1. The van der Waals surface area contributed by atoms with Gasteiger partial charge in [0.25, 0.3) is 5.91 Å². The van der Waals surface area contributed by atoms with Crippen LogP contribution >= 0.6 is 0 Å². The molecule has 1 amide bonds. The average Bonchev–Trinajstić information content (AvgIpc) is 3.77. The first-order chi connectivity index (χ1) is 22.6. The highest BCUT2D eigenvalue weighted by Crippen LogP contribution is 2.27. The van der Waals surface area contributed by atoms with Gasteiger partial charge in [0.05, 0.1) is 23.9 Å². The van der Waals surface area contributed by atoms with Crippen molar-refractivity contribution in [1.29, 1.82) is 0 Å². The van der Waals surface area contributed by atoms with E-state index < -0.39 is 0 Å². The molecule has 1 unspecified atom stereocenters. The van der Waals surface area contributed by atoms with Crippen molar-refractivity contribution in [2.45, 2.75) is 38.3 Å². The number of piperidine rings is 1. The number of likely N-dealkylation sites (tertiary alicyclic amines) is 1. The number of para-hydroxylation sites is 2. The van der Waals surface area contributed by atoms with E-state index in [0.29, 0.717) is 37.7 Å². The van der Waals surface area contributed by atoms with Gasteiger partial charge < -0.3 is 23.5 Å². The molecule has 8 nitrogen and oxygen atoms in total. The molecule has 3 heterocycles. The van der Waals surface area contributed by atoms with E-state index in [4.69, 9.17) is 14.1 Å². The van der Waals surface area contributed by atoms with Crippen LogP contribution in [0.5, 0.6) is 0 Å². The van der Waals surface area contributed by atoms with E-state index in [1.54, 1.807) is 6.26 Å². The van der Waals surface area contributed by atoms with Crippen molar-refractivity contribution in [1.82, 2.24) is 19.4 Å². The number of carbonyl (C=O) groups is 2. The smallest absolute Gasteiger partial charge is 0.253 e. The van der Waals surface area contributed by atoms with Crippen LogP contribution in [0.3, 0.4) is 0 Å². The van der Waals surface area contributed by atoms with Crippen molar-refractivity contribution in [3.63, 3.8) is 0 Å². The number of likely N-dealkylation sites (N-methyl/N-ethyl adjacent to an activating group) is 1. The Morgan fingerprint density at radius 1 is 0.913 bits per heavy atom. The Hall–Kier alpha value is -4.53. The Morgan fingerprint density at radius 3 is 2.37 bits per heavy atom. The molecule has 2 aromatic heterocycles. The summed E-state index contributed by atoms with van der Waals surface area (Å²) in [6.07, 6.45) is 4.18. The van der Waals surface area contributed by atoms with Crippen LogP contribution in [0.15, 0.2) is 108 Å². The van der Waals surface area contributed by atoms with Crippen molar-refractivity contribution >= 4 is 22.7 Å². The molecule has 5 aromatic rings. The molecule has 0 aliphatic carbocycles. The number of carbonyl (C=O) groups excluding carboxylic acids is 2. The van der Waals surface area contributed by atoms with E-state index in [2.05, 4.69) is 29.2 Å². The summed E-state index contributed by atoms with van der Waals surface area (Å²) in [5, 5.41) is 0. The number of ketones is 1. The molecule has 8 heteroatoms. The topological polar surface area (TPSA) is 80.8 Å². The van der Waals surface area contributed by atoms with Crippen molar-refractivity contribution in [3.8, 4) is 0 Å². The predicted molar refractivity (Wildman–Crippen MR) is 179 cm³/mol. The first-order valence-electron chi connectivity index (χ1n) is 16.2. The zero-order valence-corrected chi connectivity index (χ0v) is 26.5. The lowest BCUT2D eigenvalue weighted by Gasteiger charge is -2.33. The summed E-state index contributed by atoms with van der Waals surface area (Å²) in [5.74, 6) is 1.61. The monoisotopic (exact) mass is 618 g/mol. The van der Waals surface area contributed by atoms with Gasteiger partial charge in [0, 0.05) is 37.5 Å². The number of ether oxygens (including phenoxy) is 1. The Balaban J connectivity index is 1.05. The number of hydrogen-bond acceptors (Lipinski definition) is 6. The molecule has 238 valence electrons. The summed E-state index contributed by atoms with van der Waals surface area (Å²) in [7, 11) is 1.89. The van der Waals surface area contributed by atoms with Crippen LogP contribution in [0.25, 0.3) is 11.0 Å². The number of fused-ring (bicyclic) bond motifs is 1. The predicted octanol–water partition coefficient (Wildman–Crippen LogP) is 6.69. The minimum Gasteiger partial charge on any atom is -0.467 e. The normalized spacial score (nSPS) is 14.8. The zero-order valence-electron chi connectivity index (χ0n) is 26.5. The van der Waals surface area contributed by atoms with E-state index >= 15 is 0 Å². The standard InChI is InChI=1S/C38H42N4O4/c1-40(38(44)31-13-6-3-7-14-31)27-32(29-11-4-2-5-12-29)20-23-41-21-18-30(19-22-41)36(43)37-39-34-16-8-9-17-35(34)42(37)24-26-45-28-33-15-10-25-46-33/h2-17,25,30,32H,18-24,26-28H2,1H3. The first kappa shape index (κ1) is 31.5. The van der Waals surface area contributed by atoms with Crippen LogP contribution in [-0.2, 0) is 17.9 Å². The number of furan rings is 1. The lowest BCUT2D eigenvalue weighted by molar-refractivity contribution is 0.0778. The van der Waals surface area contributed by atoms with E-state index in [9.17, 15) is 9.59 Å². The molecule has 1 atom stereocenters. The third kappa shape index (κ3) is 7.63. The van der Waals surface area contributed by atoms with E-state index in [0.717, 1.165) is 55.7 Å². The molecule has 0 spiro atoms. The van der Waals surface area contributed by atoms with Crippen LogP contribution in [0.2, 0.25) is 0 Å². The third-order valence-corrected chi connectivity index (χ3v) is 9.04. The molecular weight excluding hydrogens is 576 g/mol. The number of benzene rings is 3. The lowest BCUT2D eigenvalue weighted by Crippen LogP contribution is -2.38. The van der Waals surface area contributed by atoms with Gasteiger partial charge in [-0.25, -0.2) is 4.98 Å². The van der Waals surface area contributed by atoms with Gasteiger partial charge in [0.1, 0.15) is 12.4 Å². The highest BCUT2D eigenvalue weighted by Gasteiger charge is 2.30. The molecule has 1 aliphatic rings. The van der Waals surface area contributed by atoms with Gasteiger partial charge >= 0.3 is 0 Å². The Bertz CT molecular complexity index is 1690. The van der Waals surface area contributed by atoms with Gasteiger partial charge in [-0.15, -0.1) is 0 Å². The van der Waals surface area contributed by atoms with Crippen LogP contribution < -0.4 is 0 Å². The van der Waals surface area contributed by atoms with Crippen LogP contribution in [-0.4, -0.2) is 70.9 Å². The first-order valence-corrected chi connectivity index (χ1v) is 16.2. The van der Waals surface area contributed by atoms with Gasteiger partial charge in [-0.05, 0) is 80.9 Å². The van der Waals surface area contributed by atoms with Crippen LogP contribution in [0.4, 0.5) is 0 Å².